The molecule has 0 fully saturated rings. The van der Waals surface area contributed by atoms with Gasteiger partial charge in [-0.05, 0) is 242 Å². The highest BCUT2D eigenvalue weighted by molar-refractivity contribution is 6.13. The number of para-hydroxylation sites is 4. The maximum Gasteiger partial charge on any atom is 0.137 e. The monoisotopic (exact) mass is 1830 g/mol. The standard InChI is InChI=1S/C51H31N3.C45H27N3.C38H23N3O/c1-5-15-42-37(11-1)38-12-2-6-16-43(38)51(42)44-17-7-3-13-39(44)40-29-28-36(31-45(40)51)34-22-20-32(21-23-34)33-24-26-35(27-25-33)48-50-49(41-14-4-8-18-46(41)52-48)53-47-19-9-10-30-54(47)50;1-5-15-36-31(11-1)32-12-2-6-16-37(32)45(36)38-17-7-3-13-33(38)34-25-24-30(27-39(34)45)28-20-22-29(23-21-28)42-44-43(35-14-4-8-18-40(35)46-42)47-41-19-9-10-26-48(41)44;1-3-15-32-30(14-1)37-38(41-20-6-5-17-35(41)40-37)36(39-32)28-12-8-11-26(22-28)24-9-7-10-25(21-24)27-18-19-34-31(23-27)29-13-2-4-16-33(29)42-34/h1-31H;1-27H;1-23H. The van der Waals surface area contributed by atoms with Crippen molar-refractivity contribution in [2.45, 2.75) is 10.8 Å². The van der Waals surface area contributed by atoms with Gasteiger partial charge in [0.2, 0.25) is 0 Å². The van der Waals surface area contributed by atoms with E-state index < -0.39 is 0 Å². The van der Waals surface area contributed by atoms with E-state index in [-0.39, 0.29) is 10.8 Å². The molecule has 32 rings (SSSR count). The van der Waals surface area contributed by atoms with E-state index in [0.29, 0.717) is 0 Å². The van der Waals surface area contributed by atoms with Gasteiger partial charge in [-0.3, -0.25) is 13.2 Å². The van der Waals surface area contributed by atoms with Gasteiger partial charge < -0.3 is 4.42 Å². The lowest BCUT2D eigenvalue weighted by molar-refractivity contribution is 0.669. The maximum atomic E-state index is 6.06. The quantitative estimate of drug-likeness (QED) is 0.149. The molecule has 10 heteroatoms. The molecular formula is C134H81N9O. The van der Waals surface area contributed by atoms with Crippen molar-refractivity contribution < 1.29 is 4.42 Å². The van der Waals surface area contributed by atoms with E-state index in [1.54, 1.807) is 0 Å². The van der Waals surface area contributed by atoms with E-state index in [1.165, 1.54) is 122 Å². The minimum Gasteiger partial charge on any atom is -0.456 e. The van der Waals surface area contributed by atoms with Crippen LogP contribution in [0.3, 0.4) is 0 Å². The average molecular weight is 1830 g/mol. The second-order valence-corrected chi connectivity index (χ2v) is 38.1. The SMILES string of the molecule is c1cc(-c2cccc(-c3nc4ccccc4c4nc5ccccn5c34)c2)cc(-c2ccc3oc4ccccc4c3c2)c1.c1ccc2c(c1)-c1ccccc1C21c2ccccc2-c2ccc(-c3ccc(-c4ccc(-c5nc6ccccc6c6nc7ccccn7c56)cc4)cc3)cc21.c1ccc2c(c1)-c1ccccc1C21c2ccccc2-c2ccc(-c3ccc(-c4nc5ccccc5c5nc6ccccn6c45)cc3)cc21. The third-order valence-electron chi connectivity index (χ3n) is 30.7. The molecule has 2 spiro atoms. The normalized spacial score (nSPS) is 13.0. The van der Waals surface area contributed by atoms with E-state index >= 15 is 0 Å². The Hall–Kier alpha value is -19.2. The Morgan fingerprint density at radius 3 is 0.812 bits per heavy atom. The predicted molar refractivity (Wildman–Crippen MR) is 587 cm³/mol. The summed E-state index contributed by atoms with van der Waals surface area (Å²) in [6, 6.07) is 170. The molecule has 4 aliphatic carbocycles. The van der Waals surface area contributed by atoms with Gasteiger partial charge in [0, 0.05) is 62.2 Å². The first-order valence-corrected chi connectivity index (χ1v) is 49.2. The average Bonchev–Trinajstić information content (AvgIpc) is 1.51. The fourth-order valence-electron chi connectivity index (χ4n) is 24.3. The number of hydrogen-bond acceptors (Lipinski definition) is 7. The van der Waals surface area contributed by atoms with Crippen LogP contribution < -0.4 is 0 Å². The van der Waals surface area contributed by atoms with Crippen molar-refractivity contribution in [1.82, 2.24) is 43.1 Å². The van der Waals surface area contributed by atoms with Crippen LogP contribution in [0.25, 0.3) is 239 Å². The minimum atomic E-state index is -0.348. The van der Waals surface area contributed by atoms with E-state index in [4.69, 9.17) is 34.3 Å². The molecule has 0 atom stereocenters. The van der Waals surface area contributed by atoms with E-state index in [9.17, 15) is 0 Å². The Morgan fingerprint density at radius 2 is 0.431 bits per heavy atom. The second kappa shape index (κ2) is 31.7. The summed E-state index contributed by atoms with van der Waals surface area (Å²) in [4.78, 5) is 30.6. The molecule has 144 heavy (non-hydrogen) atoms. The molecule has 28 aromatic rings. The molecule has 10 aromatic heterocycles. The van der Waals surface area contributed by atoms with Crippen LogP contribution >= 0.6 is 0 Å². The summed E-state index contributed by atoms with van der Waals surface area (Å²) in [6.45, 7) is 0. The molecule has 0 bridgehead atoms. The molecular weight excluding hydrogens is 1750 g/mol. The minimum absolute atomic E-state index is 0.342. The van der Waals surface area contributed by atoms with Crippen LogP contribution in [0.2, 0.25) is 0 Å². The molecule has 0 unspecified atom stereocenters. The molecule has 10 heterocycles. The molecule has 0 radical (unpaired) electrons. The van der Waals surface area contributed by atoms with Gasteiger partial charge in [-0.1, -0.05) is 376 Å². The highest BCUT2D eigenvalue weighted by Crippen LogP contribution is 2.65. The van der Waals surface area contributed by atoms with Gasteiger partial charge in [0.05, 0.1) is 61.0 Å². The fourth-order valence-corrected chi connectivity index (χ4v) is 24.3. The van der Waals surface area contributed by atoms with E-state index in [1.807, 2.05) is 72.8 Å². The number of imidazole rings is 3. The molecule has 0 saturated heterocycles. The van der Waals surface area contributed by atoms with Crippen LogP contribution in [-0.2, 0) is 10.8 Å². The van der Waals surface area contributed by atoms with E-state index in [2.05, 4.69) is 432 Å². The van der Waals surface area contributed by atoms with Crippen LogP contribution in [0.1, 0.15) is 44.5 Å². The molecule has 10 nitrogen and oxygen atoms in total. The molecule has 0 aliphatic heterocycles. The number of rotatable bonds is 8. The number of hydrogen-bond donors (Lipinski definition) is 0. The molecule has 0 N–H and O–H groups in total. The van der Waals surface area contributed by atoms with Crippen LogP contribution in [0.15, 0.2) is 496 Å². The highest BCUT2D eigenvalue weighted by Gasteiger charge is 2.53. The van der Waals surface area contributed by atoms with Crippen molar-refractivity contribution in [3.63, 3.8) is 0 Å². The van der Waals surface area contributed by atoms with Gasteiger partial charge in [-0.2, -0.15) is 0 Å². The molecule has 4 aliphatic rings. The number of benzene rings is 18. The Kier molecular flexibility index (Phi) is 17.8. The van der Waals surface area contributed by atoms with Gasteiger partial charge in [-0.25, -0.2) is 29.9 Å². The van der Waals surface area contributed by atoms with Crippen LogP contribution in [0.4, 0.5) is 0 Å². The van der Waals surface area contributed by atoms with Crippen molar-refractivity contribution in [2.24, 2.45) is 0 Å². The largest absolute Gasteiger partial charge is 0.456 e. The number of furan rings is 1. The molecule has 0 saturated carbocycles. The predicted octanol–water partition coefficient (Wildman–Crippen LogP) is 33.0. The van der Waals surface area contributed by atoms with Gasteiger partial charge in [0.1, 0.15) is 44.7 Å². The summed E-state index contributed by atoms with van der Waals surface area (Å²) in [7, 11) is 0. The number of pyridine rings is 6. The summed E-state index contributed by atoms with van der Waals surface area (Å²) in [5.41, 5.74) is 52.1. The number of nitrogens with zero attached hydrogens (tertiary/aromatic N) is 9. The van der Waals surface area contributed by atoms with Crippen LogP contribution in [0, 0.1) is 0 Å². The third kappa shape index (κ3) is 12.1. The first-order valence-electron chi connectivity index (χ1n) is 49.2. The van der Waals surface area contributed by atoms with Gasteiger partial charge in [0.15, 0.2) is 0 Å². The Bertz CT molecular complexity index is 10100. The molecule has 18 aromatic carbocycles. The van der Waals surface area contributed by atoms with Crippen LogP contribution in [-0.4, -0.2) is 43.1 Å². The first-order chi connectivity index (χ1) is 71.4. The lowest BCUT2D eigenvalue weighted by Crippen LogP contribution is -2.25. The smallest absolute Gasteiger partial charge is 0.137 e. The highest BCUT2D eigenvalue weighted by atomic mass is 16.3. The Morgan fingerprint density at radius 1 is 0.167 bits per heavy atom. The van der Waals surface area contributed by atoms with Crippen molar-refractivity contribution in [2.75, 3.05) is 0 Å². The van der Waals surface area contributed by atoms with Gasteiger partial charge >= 0.3 is 0 Å². The molecule has 668 valence electrons. The van der Waals surface area contributed by atoms with E-state index in [0.717, 1.165) is 161 Å². The second-order valence-electron chi connectivity index (χ2n) is 38.1. The number of aromatic nitrogens is 9. The van der Waals surface area contributed by atoms with Crippen molar-refractivity contribution >= 4 is 105 Å². The third-order valence-corrected chi connectivity index (χ3v) is 30.7. The Balaban J connectivity index is 0.000000101. The lowest BCUT2D eigenvalue weighted by Gasteiger charge is -2.30. The topological polar surface area (TPSA) is 104 Å². The summed E-state index contributed by atoms with van der Waals surface area (Å²) in [6.07, 6.45) is 6.22. The lowest BCUT2D eigenvalue weighted by atomic mass is 9.70. The summed E-state index contributed by atoms with van der Waals surface area (Å²) in [5.74, 6) is 0. The zero-order valence-corrected chi connectivity index (χ0v) is 77.7. The Labute approximate surface area is 827 Å². The zero-order chi connectivity index (χ0) is 94.4. The zero-order valence-electron chi connectivity index (χ0n) is 77.7. The van der Waals surface area contributed by atoms with Crippen molar-refractivity contribution in [1.29, 1.82) is 0 Å². The van der Waals surface area contributed by atoms with Gasteiger partial charge in [0.25, 0.3) is 0 Å². The van der Waals surface area contributed by atoms with Gasteiger partial charge in [-0.15, -0.1) is 0 Å². The van der Waals surface area contributed by atoms with Crippen molar-refractivity contribution in [3.8, 4) is 134 Å². The van der Waals surface area contributed by atoms with Crippen molar-refractivity contribution in [3.05, 3.63) is 536 Å². The number of fused-ring (bicyclic) bond motifs is 38. The molecule has 0 amide bonds. The van der Waals surface area contributed by atoms with Crippen LogP contribution in [0.5, 0.6) is 0 Å². The summed E-state index contributed by atoms with van der Waals surface area (Å²) >= 11 is 0. The summed E-state index contributed by atoms with van der Waals surface area (Å²) in [5, 5.41) is 5.47. The fraction of sp³-hybridized carbons (Fsp3) is 0.0149. The summed E-state index contributed by atoms with van der Waals surface area (Å²) < 4.78 is 12.5. The maximum absolute atomic E-state index is 6.06. The first kappa shape index (κ1) is 80.9.